The third-order valence-electron chi connectivity index (χ3n) is 2.10. The van der Waals surface area contributed by atoms with Crippen molar-refractivity contribution in [3.8, 4) is 11.3 Å². The molecular formula is C11H10N2O. The zero-order chi connectivity index (χ0) is 9.97. The zero-order valence-electron chi connectivity index (χ0n) is 7.82. The number of Topliss-reactive ketones (excluding diaryl/α,β-unsaturated/α-hetero) is 1. The Hall–Kier alpha value is -1.90. The molecule has 2 aromatic rings. The first-order valence-electron chi connectivity index (χ1n) is 4.37. The van der Waals surface area contributed by atoms with Gasteiger partial charge in [-0.2, -0.15) is 0 Å². The molecule has 0 saturated carbocycles. The molecule has 14 heavy (non-hydrogen) atoms. The predicted octanol–water partition coefficient (Wildman–Crippen LogP) is 2.28. The number of nitrogens with zero attached hydrogens (tertiary/aromatic N) is 1. The van der Waals surface area contributed by atoms with E-state index in [2.05, 4.69) is 9.97 Å². The second kappa shape index (κ2) is 3.46. The van der Waals surface area contributed by atoms with Crippen molar-refractivity contribution in [2.75, 3.05) is 0 Å². The van der Waals surface area contributed by atoms with Crippen molar-refractivity contribution in [2.45, 2.75) is 6.92 Å². The van der Waals surface area contributed by atoms with E-state index in [0.717, 1.165) is 16.8 Å². The lowest BCUT2D eigenvalue weighted by Gasteiger charge is -1.98. The Morgan fingerprint density at radius 3 is 2.50 bits per heavy atom. The van der Waals surface area contributed by atoms with Gasteiger partial charge in [0, 0.05) is 5.56 Å². The number of H-pyrrole nitrogens is 1. The molecule has 70 valence electrons. The molecule has 1 aromatic carbocycles. The van der Waals surface area contributed by atoms with Crippen LogP contribution in [0.4, 0.5) is 0 Å². The van der Waals surface area contributed by atoms with Crippen LogP contribution in [-0.4, -0.2) is 15.8 Å². The van der Waals surface area contributed by atoms with Crippen LogP contribution < -0.4 is 0 Å². The van der Waals surface area contributed by atoms with Crippen molar-refractivity contribution in [3.05, 3.63) is 42.4 Å². The summed E-state index contributed by atoms with van der Waals surface area (Å²) < 4.78 is 0. The van der Waals surface area contributed by atoms with E-state index < -0.39 is 0 Å². The average Bonchev–Trinajstić information content (AvgIpc) is 2.71. The molecule has 0 atom stereocenters. The number of rotatable bonds is 2. The molecule has 0 unspecified atom stereocenters. The minimum atomic E-state index is 0.0844. The molecule has 3 nitrogen and oxygen atoms in total. The summed E-state index contributed by atoms with van der Waals surface area (Å²) in [4.78, 5) is 18.0. The molecule has 0 radical (unpaired) electrons. The highest BCUT2D eigenvalue weighted by Crippen LogP contribution is 2.16. The second-order valence-electron chi connectivity index (χ2n) is 3.10. The molecule has 3 heteroatoms. The first-order valence-corrected chi connectivity index (χ1v) is 4.37. The lowest BCUT2D eigenvalue weighted by atomic mass is 10.1. The van der Waals surface area contributed by atoms with Crippen molar-refractivity contribution in [2.24, 2.45) is 0 Å². The fraction of sp³-hybridized carbons (Fsp3) is 0.0909. The van der Waals surface area contributed by atoms with Gasteiger partial charge in [-0.1, -0.05) is 24.3 Å². The standard InChI is InChI=1S/C11H10N2O/c1-8(14)9-2-4-10(5-3-9)11-6-12-7-13-11/h2-7H,1H3,(H,12,13). The minimum absolute atomic E-state index is 0.0844. The van der Waals surface area contributed by atoms with Crippen molar-refractivity contribution < 1.29 is 4.79 Å². The van der Waals surface area contributed by atoms with Crippen LogP contribution in [0.1, 0.15) is 17.3 Å². The van der Waals surface area contributed by atoms with E-state index >= 15 is 0 Å². The summed E-state index contributed by atoms with van der Waals surface area (Å²) in [6, 6.07) is 7.45. The Morgan fingerprint density at radius 2 is 2.00 bits per heavy atom. The van der Waals surface area contributed by atoms with E-state index in [0.29, 0.717) is 0 Å². The molecule has 1 N–H and O–H groups in total. The zero-order valence-corrected chi connectivity index (χ0v) is 7.82. The van der Waals surface area contributed by atoms with Gasteiger partial charge in [0.1, 0.15) is 0 Å². The molecule has 2 rings (SSSR count). The normalized spacial score (nSPS) is 10.1. The van der Waals surface area contributed by atoms with Gasteiger partial charge in [0.15, 0.2) is 5.78 Å². The number of nitrogens with one attached hydrogen (secondary N) is 1. The Morgan fingerprint density at radius 1 is 1.29 bits per heavy atom. The highest BCUT2D eigenvalue weighted by Gasteiger charge is 2.00. The summed E-state index contributed by atoms with van der Waals surface area (Å²) >= 11 is 0. The van der Waals surface area contributed by atoms with Crippen molar-refractivity contribution in [3.63, 3.8) is 0 Å². The molecule has 1 heterocycles. The van der Waals surface area contributed by atoms with Crippen molar-refractivity contribution >= 4 is 5.78 Å². The van der Waals surface area contributed by atoms with Gasteiger partial charge in [0.25, 0.3) is 0 Å². The average molecular weight is 186 g/mol. The highest BCUT2D eigenvalue weighted by atomic mass is 16.1. The number of carbonyl (C=O) groups excluding carboxylic acids is 1. The maximum Gasteiger partial charge on any atom is 0.159 e. The van der Waals surface area contributed by atoms with E-state index in [-0.39, 0.29) is 5.78 Å². The summed E-state index contributed by atoms with van der Waals surface area (Å²) in [6.45, 7) is 1.56. The number of imidazole rings is 1. The third-order valence-corrected chi connectivity index (χ3v) is 2.10. The van der Waals surface area contributed by atoms with Crippen LogP contribution in [0.15, 0.2) is 36.8 Å². The molecule has 0 aliphatic rings. The van der Waals surface area contributed by atoms with E-state index in [9.17, 15) is 4.79 Å². The quantitative estimate of drug-likeness (QED) is 0.731. The maximum atomic E-state index is 11.0. The summed E-state index contributed by atoms with van der Waals surface area (Å²) in [5.41, 5.74) is 2.72. The van der Waals surface area contributed by atoms with Gasteiger partial charge in [0.05, 0.1) is 18.2 Å². The highest BCUT2D eigenvalue weighted by molar-refractivity contribution is 5.94. The largest absolute Gasteiger partial charge is 0.345 e. The smallest absolute Gasteiger partial charge is 0.159 e. The second-order valence-corrected chi connectivity index (χ2v) is 3.10. The van der Waals surface area contributed by atoms with Gasteiger partial charge in [-0.05, 0) is 12.5 Å². The number of carbonyl (C=O) groups is 1. The van der Waals surface area contributed by atoms with Gasteiger partial charge in [0.2, 0.25) is 0 Å². The SMILES string of the molecule is CC(=O)c1ccc(-c2cnc[nH]2)cc1. The Kier molecular flexibility index (Phi) is 2.14. The van der Waals surface area contributed by atoms with E-state index in [4.69, 9.17) is 0 Å². The van der Waals surface area contributed by atoms with Crippen LogP contribution in [0.2, 0.25) is 0 Å². The van der Waals surface area contributed by atoms with Crippen LogP contribution in [0.5, 0.6) is 0 Å². The van der Waals surface area contributed by atoms with Gasteiger partial charge in [-0.3, -0.25) is 4.79 Å². The molecule has 0 amide bonds. The monoisotopic (exact) mass is 186 g/mol. The Labute approximate surface area is 81.8 Å². The molecule has 0 fully saturated rings. The van der Waals surface area contributed by atoms with E-state index in [1.807, 2.05) is 24.3 Å². The van der Waals surface area contributed by atoms with Crippen molar-refractivity contribution in [1.29, 1.82) is 0 Å². The van der Waals surface area contributed by atoms with Crippen LogP contribution in [0.25, 0.3) is 11.3 Å². The lowest BCUT2D eigenvalue weighted by Crippen LogP contribution is -1.90. The summed E-state index contributed by atoms with van der Waals surface area (Å²) in [5, 5.41) is 0. The Bertz CT molecular complexity index is 429. The fourth-order valence-corrected chi connectivity index (χ4v) is 1.30. The first kappa shape index (κ1) is 8.69. The number of hydrogen-bond acceptors (Lipinski definition) is 2. The van der Waals surface area contributed by atoms with E-state index in [1.54, 1.807) is 19.4 Å². The molecule has 0 bridgehead atoms. The number of aromatic amines is 1. The number of ketones is 1. The van der Waals surface area contributed by atoms with E-state index in [1.165, 1.54) is 0 Å². The van der Waals surface area contributed by atoms with Crippen LogP contribution in [0, 0.1) is 0 Å². The Balaban J connectivity index is 2.36. The predicted molar refractivity (Wildman–Crippen MR) is 54.0 cm³/mol. The van der Waals surface area contributed by atoms with Crippen LogP contribution >= 0.6 is 0 Å². The fourth-order valence-electron chi connectivity index (χ4n) is 1.30. The summed E-state index contributed by atoms with van der Waals surface area (Å²) in [6.07, 6.45) is 3.39. The molecular weight excluding hydrogens is 176 g/mol. The molecule has 0 aliphatic carbocycles. The van der Waals surface area contributed by atoms with Gasteiger partial charge >= 0.3 is 0 Å². The first-order chi connectivity index (χ1) is 6.77. The maximum absolute atomic E-state index is 11.0. The summed E-state index contributed by atoms with van der Waals surface area (Å²) in [7, 11) is 0. The molecule has 0 aliphatic heterocycles. The van der Waals surface area contributed by atoms with Gasteiger partial charge in [-0.15, -0.1) is 0 Å². The van der Waals surface area contributed by atoms with Crippen LogP contribution in [0.3, 0.4) is 0 Å². The number of aromatic nitrogens is 2. The van der Waals surface area contributed by atoms with Gasteiger partial charge in [-0.25, -0.2) is 4.98 Å². The number of hydrogen-bond donors (Lipinski definition) is 1. The minimum Gasteiger partial charge on any atom is -0.345 e. The topological polar surface area (TPSA) is 45.8 Å². The number of benzene rings is 1. The molecule has 1 aromatic heterocycles. The molecule has 0 spiro atoms. The van der Waals surface area contributed by atoms with Crippen LogP contribution in [-0.2, 0) is 0 Å². The van der Waals surface area contributed by atoms with Crippen molar-refractivity contribution in [1.82, 2.24) is 9.97 Å². The third kappa shape index (κ3) is 1.57. The van der Waals surface area contributed by atoms with Gasteiger partial charge < -0.3 is 4.98 Å². The molecule has 0 saturated heterocycles. The lowest BCUT2D eigenvalue weighted by molar-refractivity contribution is 0.101. The summed E-state index contributed by atoms with van der Waals surface area (Å²) in [5.74, 6) is 0.0844.